The van der Waals surface area contributed by atoms with Crippen molar-refractivity contribution >= 4 is 17.6 Å². The van der Waals surface area contributed by atoms with E-state index in [0.29, 0.717) is 6.04 Å². The van der Waals surface area contributed by atoms with Crippen LogP contribution in [0.3, 0.4) is 0 Å². The fourth-order valence-corrected chi connectivity index (χ4v) is 4.17. The van der Waals surface area contributed by atoms with E-state index < -0.39 is 0 Å². The maximum atomic E-state index is 12.8. The molecular weight excluding hydrogens is 368 g/mol. The Bertz CT molecular complexity index is 678. The molecule has 2 fully saturated rings. The second-order valence-corrected chi connectivity index (χ2v) is 7.95. The van der Waals surface area contributed by atoms with Crippen LogP contribution in [-0.2, 0) is 9.53 Å². The summed E-state index contributed by atoms with van der Waals surface area (Å²) in [4.78, 5) is 31.0. The van der Waals surface area contributed by atoms with Gasteiger partial charge in [0.1, 0.15) is 6.04 Å². The number of rotatable bonds is 6. The average molecular weight is 403 g/mol. The molecule has 160 valence electrons. The molecule has 2 saturated heterocycles. The first-order valence-electron chi connectivity index (χ1n) is 10.7. The number of piperazine rings is 1. The van der Waals surface area contributed by atoms with Gasteiger partial charge in [0.05, 0.1) is 7.11 Å². The molecule has 29 heavy (non-hydrogen) atoms. The summed E-state index contributed by atoms with van der Waals surface area (Å²) in [7, 11) is 1.42. The van der Waals surface area contributed by atoms with Gasteiger partial charge in [-0.05, 0) is 50.6 Å². The van der Waals surface area contributed by atoms with E-state index in [-0.39, 0.29) is 17.9 Å². The highest BCUT2D eigenvalue weighted by molar-refractivity contribution is 5.94. The van der Waals surface area contributed by atoms with Gasteiger partial charge in [0.25, 0.3) is 5.91 Å². The molecule has 2 heterocycles. The minimum atomic E-state index is -0.277. The van der Waals surface area contributed by atoms with Crippen molar-refractivity contribution in [2.45, 2.75) is 38.8 Å². The summed E-state index contributed by atoms with van der Waals surface area (Å²) in [6.07, 6.45) is 1.95. The molecule has 0 spiro atoms. The molecule has 7 nitrogen and oxygen atoms in total. The lowest BCUT2D eigenvalue weighted by molar-refractivity contribution is -0.142. The number of carbonyl (C=O) groups is 2. The molecule has 0 unspecified atom stereocenters. The highest BCUT2D eigenvalue weighted by Crippen LogP contribution is 2.21. The third-order valence-electron chi connectivity index (χ3n) is 6.12. The lowest BCUT2D eigenvalue weighted by atomic mass is 10.0. The summed E-state index contributed by atoms with van der Waals surface area (Å²) < 4.78 is 4.78. The van der Waals surface area contributed by atoms with Crippen LogP contribution in [0, 0.1) is 0 Å². The number of methoxy groups -OCH3 is 1. The molecule has 7 heteroatoms. The van der Waals surface area contributed by atoms with E-state index in [1.54, 1.807) is 0 Å². The number of hydrogen-bond donors (Lipinski definition) is 1. The predicted octanol–water partition coefficient (Wildman–Crippen LogP) is 1.58. The number of esters is 1. The molecule has 0 aromatic heterocycles. The van der Waals surface area contributed by atoms with Crippen LogP contribution in [0.25, 0.3) is 0 Å². The van der Waals surface area contributed by atoms with Crippen LogP contribution in [-0.4, -0.2) is 86.7 Å². The van der Waals surface area contributed by atoms with Crippen molar-refractivity contribution in [3.8, 4) is 0 Å². The van der Waals surface area contributed by atoms with Crippen LogP contribution >= 0.6 is 0 Å². The second kappa shape index (κ2) is 10.1. The molecule has 1 aromatic rings. The molecule has 1 atom stereocenters. The van der Waals surface area contributed by atoms with Gasteiger partial charge in [0.2, 0.25) is 0 Å². The Morgan fingerprint density at radius 3 is 2.24 bits per heavy atom. The Kier molecular flexibility index (Phi) is 7.50. The maximum Gasteiger partial charge on any atom is 0.322 e. The number of hydrogen-bond acceptors (Lipinski definition) is 6. The quantitative estimate of drug-likeness (QED) is 0.729. The number of amides is 1. The number of nitrogens with zero attached hydrogens (tertiary/aromatic N) is 3. The third kappa shape index (κ3) is 5.48. The molecule has 0 aliphatic carbocycles. The zero-order valence-corrected chi connectivity index (χ0v) is 17.9. The first-order valence-corrected chi connectivity index (χ1v) is 10.7. The van der Waals surface area contributed by atoms with Crippen molar-refractivity contribution in [2.24, 2.45) is 0 Å². The van der Waals surface area contributed by atoms with Gasteiger partial charge >= 0.3 is 5.97 Å². The monoisotopic (exact) mass is 402 g/mol. The van der Waals surface area contributed by atoms with Crippen molar-refractivity contribution in [3.63, 3.8) is 0 Å². The Morgan fingerprint density at radius 2 is 1.69 bits per heavy atom. The van der Waals surface area contributed by atoms with Crippen LogP contribution in [0.1, 0.15) is 37.0 Å². The lowest BCUT2D eigenvalue weighted by Gasteiger charge is -2.35. The van der Waals surface area contributed by atoms with Crippen LogP contribution < -0.4 is 10.2 Å². The molecule has 0 radical (unpaired) electrons. The number of nitrogens with one attached hydrogen (secondary N) is 1. The van der Waals surface area contributed by atoms with Gasteiger partial charge in [0, 0.05) is 56.6 Å². The van der Waals surface area contributed by atoms with Crippen molar-refractivity contribution in [1.29, 1.82) is 0 Å². The SMILES string of the molecule is CCN1CCN(C(=O)c2ccc(N3CCC(N[C@H](C)C(=O)OC)CC3)cc2)CC1. The Balaban J connectivity index is 1.49. The van der Waals surface area contributed by atoms with Crippen molar-refractivity contribution in [3.05, 3.63) is 29.8 Å². The van der Waals surface area contributed by atoms with Gasteiger partial charge in [0.15, 0.2) is 0 Å². The molecule has 2 aliphatic heterocycles. The van der Waals surface area contributed by atoms with E-state index in [1.165, 1.54) is 7.11 Å². The van der Waals surface area contributed by atoms with E-state index in [9.17, 15) is 9.59 Å². The largest absolute Gasteiger partial charge is 0.468 e. The van der Waals surface area contributed by atoms with E-state index in [1.807, 2.05) is 24.0 Å². The zero-order valence-electron chi connectivity index (χ0n) is 17.9. The fourth-order valence-electron chi connectivity index (χ4n) is 4.17. The lowest BCUT2D eigenvalue weighted by Crippen LogP contribution is -2.48. The second-order valence-electron chi connectivity index (χ2n) is 7.95. The summed E-state index contributed by atoms with van der Waals surface area (Å²) >= 11 is 0. The summed E-state index contributed by atoms with van der Waals surface area (Å²) in [5, 5.41) is 3.35. The van der Waals surface area contributed by atoms with E-state index in [0.717, 1.165) is 69.9 Å². The Labute approximate surface area is 174 Å². The fraction of sp³-hybridized carbons (Fsp3) is 0.636. The van der Waals surface area contributed by atoms with Gasteiger partial charge < -0.3 is 24.8 Å². The highest BCUT2D eigenvalue weighted by Gasteiger charge is 2.24. The number of anilines is 1. The average Bonchev–Trinajstić information content (AvgIpc) is 2.78. The Hall–Kier alpha value is -2.12. The minimum absolute atomic E-state index is 0.131. The molecule has 0 bridgehead atoms. The topological polar surface area (TPSA) is 65.1 Å². The van der Waals surface area contributed by atoms with Gasteiger partial charge in [-0.2, -0.15) is 0 Å². The normalized spacial score (nSPS) is 19.8. The molecule has 2 aliphatic rings. The van der Waals surface area contributed by atoms with Gasteiger partial charge in [-0.1, -0.05) is 6.92 Å². The third-order valence-corrected chi connectivity index (χ3v) is 6.12. The van der Waals surface area contributed by atoms with E-state index in [2.05, 4.69) is 34.2 Å². The molecule has 0 saturated carbocycles. The minimum Gasteiger partial charge on any atom is -0.468 e. The number of benzene rings is 1. The number of piperidine rings is 1. The highest BCUT2D eigenvalue weighted by atomic mass is 16.5. The van der Waals surface area contributed by atoms with Crippen LogP contribution in [0.5, 0.6) is 0 Å². The molecule has 1 aromatic carbocycles. The van der Waals surface area contributed by atoms with Crippen molar-refractivity contribution in [1.82, 2.24) is 15.1 Å². The smallest absolute Gasteiger partial charge is 0.322 e. The van der Waals surface area contributed by atoms with E-state index >= 15 is 0 Å². The van der Waals surface area contributed by atoms with Crippen LogP contribution in [0.4, 0.5) is 5.69 Å². The number of carbonyl (C=O) groups excluding carboxylic acids is 2. The van der Waals surface area contributed by atoms with Crippen molar-refractivity contribution < 1.29 is 14.3 Å². The first-order chi connectivity index (χ1) is 14.0. The molecule has 3 rings (SSSR count). The van der Waals surface area contributed by atoms with E-state index in [4.69, 9.17) is 4.74 Å². The standard InChI is InChI=1S/C22H34N4O3/c1-4-24-13-15-26(16-14-24)21(27)18-5-7-20(8-6-18)25-11-9-19(10-12-25)23-17(2)22(28)29-3/h5-8,17,19,23H,4,9-16H2,1-3H3/t17-/m1/s1. The summed E-state index contributed by atoms with van der Waals surface area (Å²) in [5.74, 6) is -0.0872. The molecule has 1 N–H and O–H groups in total. The summed E-state index contributed by atoms with van der Waals surface area (Å²) in [5.41, 5.74) is 1.92. The zero-order chi connectivity index (χ0) is 20.8. The maximum absolute atomic E-state index is 12.8. The summed E-state index contributed by atoms with van der Waals surface area (Å²) in [6, 6.07) is 8.06. The number of ether oxygens (including phenoxy) is 1. The van der Waals surface area contributed by atoms with Gasteiger partial charge in [-0.25, -0.2) is 0 Å². The molecule has 1 amide bonds. The van der Waals surface area contributed by atoms with Crippen LogP contribution in [0.15, 0.2) is 24.3 Å². The first kappa shape index (κ1) is 21.6. The summed E-state index contributed by atoms with van der Waals surface area (Å²) in [6.45, 7) is 10.4. The van der Waals surface area contributed by atoms with Crippen LogP contribution in [0.2, 0.25) is 0 Å². The number of likely N-dealkylation sites (N-methyl/N-ethyl adjacent to an activating group) is 1. The van der Waals surface area contributed by atoms with Gasteiger partial charge in [-0.15, -0.1) is 0 Å². The van der Waals surface area contributed by atoms with Crippen molar-refractivity contribution in [2.75, 3.05) is 57.8 Å². The predicted molar refractivity (Wildman–Crippen MR) is 114 cm³/mol. The van der Waals surface area contributed by atoms with Gasteiger partial charge in [-0.3, -0.25) is 9.59 Å². The Morgan fingerprint density at radius 1 is 1.07 bits per heavy atom. The molecular formula is C22H34N4O3.